The number of rotatable bonds is 6. The summed E-state index contributed by atoms with van der Waals surface area (Å²) in [4.78, 5) is 14.0. The molecule has 2 amide bonds. The van der Waals surface area contributed by atoms with Gasteiger partial charge in [-0.25, -0.2) is 4.79 Å². The Morgan fingerprint density at radius 1 is 1.24 bits per heavy atom. The zero-order valence-electron chi connectivity index (χ0n) is 12.9. The van der Waals surface area contributed by atoms with Crippen molar-refractivity contribution in [2.24, 2.45) is 5.92 Å². The molecule has 2 N–H and O–H groups in total. The van der Waals surface area contributed by atoms with Crippen molar-refractivity contribution in [3.05, 3.63) is 28.2 Å². The SMILES string of the molecule is CC(C)CC(CNC(=O)Nc1ccc(Cl)c(Cl)c1)N(C)C. The molecule has 1 unspecified atom stereocenters. The number of anilines is 1. The van der Waals surface area contributed by atoms with Crippen LogP contribution in [0, 0.1) is 5.92 Å². The minimum Gasteiger partial charge on any atom is -0.336 e. The average Bonchev–Trinajstić information content (AvgIpc) is 2.38. The van der Waals surface area contributed by atoms with Crippen LogP contribution in [0.5, 0.6) is 0 Å². The van der Waals surface area contributed by atoms with Crippen molar-refractivity contribution in [1.82, 2.24) is 10.2 Å². The molecule has 118 valence electrons. The zero-order chi connectivity index (χ0) is 16.0. The normalized spacial score (nSPS) is 12.6. The molecule has 0 aliphatic heterocycles. The van der Waals surface area contributed by atoms with E-state index in [9.17, 15) is 4.79 Å². The van der Waals surface area contributed by atoms with E-state index in [1.165, 1.54) is 0 Å². The van der Waals surface area contributed by atoms with Gasteiger partial charge in [0.05, 0.1) is 10.0 Å². The molecular weight excluding hydrogens is 309 g/mol. The quantitative estimate of drug-likeness (QED) is 0.824. The van der Waals surface area contributed by atoms with Crippen LogP contribution in [0.2, 0.25) is 10.0 Å². The number of amides is 2. The second-order valence-electron chi connectivity index (χ2n) is 5.71. The van der Waals surface area contributed by atoms with Crippen LogP contribution in [0.4, 0.5) is 10.5 Å². The first-order valence-corrected chi connectivity index (χ1v) is 7.71. The fourth-order valence-electron chi connectivity index (χ4n) is 1.98. The van der Waals surface area contributed by atoms with E-state index in [-0.39, 0.29) is 6.03 Å². The Morgan fingerprint density at radius 2 is 1.90 bits per heavy atom. The number of nitrogens with one attached hydrogen (secondary N) is 2. The standard InChI is InChI=1S/C15H23Cl2N3O/c1-10(2)7-12(20(3)4)9-18-15(21)19-11-5-6-13(16)14(17)8-11/h5-6,8,10,12H,7,9H2,1-4H3,(H2,18,19,21). The predicted octanol–water partition coefficient (Wildman–Crippen LogP) is 4.09. The number of hydrogen-bond donors (Lipinski definition) is 2. The number of likely N-dealkylation sites (N-methyl/N-ethyl adjacent to an activating group) is 1. The summed E-state index contributed by atoms with van der Waals surface area (Å²) in [7, 11) is 4.04. The fraction of sp³-hybridized carbons (Fsp3) is 0.533. The topological polar surface area (TPSA) is 44.4 Å². The Balaban J connectivity index is 2.50. The molecule has 0 saturated heterocycles. The van der Waals surface area contributed by atoms with Crippen molar-refractivity contribution in [2.75, 3.05) is 26.0 Å². The molecule has 0 spiro atoms. The minimum absolute atomic E-state index is 0.246. The molecule has 0 bridgehead atoms. The molecule has 0 heterocycles. The molecule has 0 aliphatic rings. The van der Waals surface area contributed by atoms with Gasteiger partial charge in [-0.05, 0) is 44.6 Å². The Morgan fingerprint density at radius 3 is 2.43 bits per heavy atom. The van der Waals surface area contributed by atoms with Crippen LogP contribution >= 0.6 is 23.2 Å². The molecular formula is C15H23Cl2N3O. The summed E-state index contributed by atoms with van der Waals surface area (Å²) >= 11 is 11.8. The van der Waals surface area contributed by atoms with E-state index in [4.69, 9.17) is 23.2 Å². The summed E-state index contributed by atoms with van der Waals surface area (Å²) in [5, 5.41) is 6.51. The maximum absolute atomic E-state index is 11.9. The largest absolute Gasteiger partial charge is 0.336 e. The number of nitrogens with zero attached hydrogens (tertiary/aromatic N) is 1. The van der Waals surface area contributed by atoms with E-state index in [0.717, 1.165) is 6.42 Å². The number of halogens is 2. The van der Waals surface area contributed by atoms with Crippen LogP contribution in [0.15, 0.2) is 18.2 Å². The van der Waals surface area contributed by atoms with Gasteiger partial charge >= 0.3 is 6.03 Å². The molecule has 0 aliphatic carbocycles. The summed E-state index contributed by atoms with van der Waals surface area (Å²) < 4.78 is 0. The Kier molecular flexibility index (Phi) is 7.29. The van der Waals surface area contributed by atoms with Crippen molar-refractivity contribution < 1.29 is 4.79 Å². The number of hydrogen-bond acceptors (Lipinski definition) is 2. The van der Waals surface area contributed by atoms with Crippen LogP contribution in [0.25, 0.3) is 0 Å². The summed E-state index contributed by atoms with van der Waals surface area (Å²) in [6.45, 7) is 4.94. The Hall–Kier alpha value is -0.970. The second-order valence-corrected chi connectivity index (χ2v) is 6.53. The van der Waals surface area contributed by atoms with Gasteiger partial charge in [-0.1, -0.05) is 37.0 Å². The Bertz CT molecular complexity index is 478. The van der Waals surface area contributed by atoms with Crippen LogP contribution in [0.3, 0.4) is 0 Å². The van der Waals surface area contributed by atoms with Gasteiger partial charge in [0.2, 0.25) is 0 Å². The zero-order valence-corrected chi connectivity index (χ0v) is 14.4. The van der Waals surface area contributed by atoms with E-state index in [1.54, 1.807) is 18.2 Å². The van der Waals surface area contributed by atoms with Crippen molar-refractivity contribution >= 4 is 34.9 Å². The summed E-state index contributed by atoms with van der Waals surface area (Å²) in [6.07, 6.45) is 1.03. The van der Waals surface area contributed by atoms with Gasteiger partial charge in [-0.2, -0.15) is 0 Å². The summed E-state index contributed by atoms with van der Waals surface area (Å²) in [6, 6.07) is 5.06. The number of carbonyl (C=O) groups is 1. The molecule has 1 rings (SSSR count). The smallest absolute Gasteiger partial charge is 0.319 e. The molecule has 0 aromatic heterocycles. The number of urea groups is 1. The summed E-state index contributed by atoms with van der Waals surface area (Å²) in [5.74, 6) is 0.581. The van der Waals surface area contributed by atoms with Crippen molar-refractivity contribution in [2.45, 2.75) is 26.3 Å². The van der Waals surface area contributed by atoms with E-state index in [2.05, 4.69) is 29.4 Å². The molecule has 0 fully saturated rings. The maximum atomic E-state index is 11.9. The lowest BCUT2D eigenvalue weighted by atomic mass is 10.0. The predicted molar refractivity (Wildman–Crippen MR) is 90.4 cm³/mol. The van der Waals surface area contributed by atoms with E-state index >= 15 is 0 Å². The van der Waals surface area contributed by atoms with Gasteiger partial charge in [-0.3, -0.25) is 0 Å². The van der Waals surface area contributed by atoms with Gasteiger partial charge < -0.3 is 15.5 Å². The molecule has 21 heavy (non-hydrogen) atoms. The minimum atomic E-state index is -0.246. The van der Waals surface area contributed by atoms with Crippen LogP contribution < -0.4 is 10.6 Å². The van der Waals surface area contributed by atoms with Gasteiger partial charge in [0.25, 0.3) is 0 Å². The lowest BCUT2D eigenvalue weighted by Crippen LogP contribution is -2.42. The monoisotopic (exact) mass is 331 g/mol. The highest BCUT2D eigenvalue weighted by Crippen LogP contribution is 2.24. The molecule has 0 radical (unpaired) electrons. The molecule has 1 aromatic rings. The van der Waals surface area contributed by atoms with E-state index in [0.29, 0.717) is 34.2 Å². The lowest BCUT2D eigenvalue weighted by molar-refractivity contribution is 0.231. The third kappa shape index (κ3) is 6.55. The van der Waals surface area contributed by atoms with Crippen molar-refractivity contribution in [3.8, 4) is 0 Å². The van der Waals surface area contributed by atoms with Gasteiger partial charge in [-0.15, -0.1) is 0 Å². The lowest BCUT2D eigenvalue weighted by Gasteiger charge is -2.26. The van der Waals surface area contributed by atoms with Crippen LogP contribution in [0.1, 0.15) is 20.3 Å². The van der Waals surface area contributed by atoms with Gasteiger partial charge in [0.1, 0.15) is 0 Å². The Labute approximate surface area is 136 Å². The van der Waals surface area contributed by atoms with Gasteiger partial charge in [0, 0.05) is 18.3 Å². The first-order valence-electron chi connectivity index (χ1n) is 6.96. The highest BCUT2D eigenvalue weighted by Gasteiger charge is 2.14. The molecule has 0 saturated carbocycles. The first-order chi connectivity index (χ1) is 9.79. The molecule has 6 heteroatoms. The first kappa shape index (κ1) is 18.1. The number of carbonyl (C=O) groups excluding carboxylic acids is 1. The highest BCUT2D eigenvalue weighted by atomic mass is 35.5. The molecule has 1 atom stereocenters. The maximum Gasteiger partial charge on any atom is 0.319 e. The third-order valence-electron chi connectivity index (χ3n) is 3.15. The van der Waals surface area contributed by atoms with Crippen molar-refractivity contribution in [3.63, 3.8) is 0 Å². The van der Waals surface area contributed by atoms with E-state index < -0.39 is 0 Å². The number of benzene rings is 1. The van der Waals surface area contributed by atoms with Crippen molar-refractivity contribution in [1.29, 1.82) is 0 Å². The second kappa shape index (κ2) is 8.47. The van der Waals surface area contributed by atoms with Crippen LogP contribution in [-0.4, -0.2) is 37.6 Å². The fourth-order valence-corrected chi connectivity index (χ4v) is 2.28. The molecule has 1 aromatic carbocycles. The third-order valence-corrected chi connectivity index (χ3v) is 3.89. The van der Waals surface area contributed by atoms with Gasteiger partial charge in [0.15, 0.2) is 0 Å². The molecule has 4 nitrogen and oxygen atoms in total. The average molecular weight is 332 g/mol. The highest BCUT2D eigenvalue weighted by molar-refractivity contribution is 6.42. The van der Waals surface area contributed by atoms with E-state index in [1.807, 2.05) is 14.1 Å². The van der Waals surface area contributed by atoms with Crippen LogP contribution in [-0.2, 0) is 0 Å². The summed E-state index contributed by atoms with van der Waals surface area (Å²) in [5.41, 5.74) is 0.618.